The van der Waals surface area contributed by atoms with Gasteiger partial charge in [-0.15, -0.1) is 0 Å². The van der Waals surface area contributed by atoms with Crippen molar-refractivity contribution in [2.24, 2.45) is 0 Å². The number of rotatable bonds is 5. The van der Waals surface area contributed by atoms with Crippen molar-refractivity contribution in [2.75, 3.05) is 0 Å². The van der Waals surface area contributed by atoms with Gasteiger partial charge in [-0.1, -0.05) is 0 Å². The smallest absolute Gasteiger partial charge is 0.272 e. The van der Waals surface area contributed by atoms with Gasteiger partial charge in [0.2, 0.25) is 10.0 Å². The molecule has 1 atom stereocenters. The maximum Gasteiger partial charge on any atom is 0.272 e. The second kappa shape index (κ2) is 5.43. The molecule has 0 aliphatic carbocycles. The minimum absolute atomic E-state index is 0.532. The molecule has 0 fully saturated rings. The number of benzene rings is 1. The van der Waals surface area contributed by atoms with Crippen LogP contribution in [0.2, 0.25) is 0 Å². The minimum atomic E-state index is -4.24. The minimum Gasteiger partial charge on any atom is -0.391 e. The summed E-state index contributed by atoms with van der Waals surface area (Å²) in [5, 5.41) is 19.9. The molecule has 0 spiro atoms. The third-order valence-electron chi connectivity index (χ3n) is 2.86. The summed E-state index contributed by atoms with van der Waals surface area (Å²) in [5.41, 5.74) is -1.76. The van der Waals surface area contributed by atoms with Crippen LogP contribution in [0.25, 0.3) is 0 Å². The van der Waals surface area contributed by atoms with Crippen molar-refractivity contribution in [1.29, 1.82) is 0 Å². The largest absolute Gasteiger partial charge is 0.391 e. The van der Waals surface area contributed by atoms with Crippen LogP contribution in [-0.2, 0) is 10.0 Å². The Kier molecular flexibility index (Phi) is 4.47. The average molecular weight is 306 g/mol. The van der Waals surface area contributed by atoms with E-state index in [1.165, 1.54) is 20.8 Å². The third kappa shape index (κ3) is 3.50. The number of sulfonamides is 1. The predicted octanol–water partition coefficient (Wildman–Crippen LogP) is 1.17. The summed E-state index contributed by atoms with van der Waals surface area (Å²) in [7, 11) is -4.24. The number of halogens is 1. The van der Waals surface area contributed by atoms with Gasteiger partial charge in [0, 0.05) is 6.07 Å². The highest BCUT2D eigenvalue weighted by Gasteiger charge is 2.32. The van der Waals surface area contributed by atoms with Gasteiger partial charge in [0.05, 0.1) is 22.6 Å². The maximum atomic E-state index is 13.7. The fraction of sp³-hybridized carbons (Fsp3) is 0.455. The van der Waals surface area contributed by atoms with Gasteiger partial charge in [-0.25, -0.2) is 17.5 Å². The summed E-state index contributed by atoms with van der Waals surface area (Å²) < 4.78 is 39.9. The molecule has 20 heavy (non-hydrogen) atoms. The van der Waals surface area contributed by atoms with Gasteiger partial charge < -0.3 is 5.11 Å². The summed E-state index contributed by atoms with van der Waals surface area (Å²) >= 11 is 0. The molecule has 1 aromatic rings. The highest BCUT2D eigenvalue weighted by atomic mass is 32.2. The molecule has 0 saturated carbocycles. The molecule has 112 valence electrons. The van der Waals surface area contributed by atoms with Gasteiger partial charge >= 0.3 is 0 Å². The number of hydrogen-bond donors (Lipinski definition) is 2. The lowest BCUT2D eigenvalue weighted by atomic mass is 10.0. The Balaban J connectivity index is 3.21. The van der Waals surface area contributed by atoms with E-state index >= 15 is 0 Å². The lowest BCUT2D eigenvalue weighted by molar-refractivity contribution is -0.385. The van der Waals surface area contributed by atoms with Crippen molar-refractivity contribution in [3.05, 3.63) is 34.1 Å². The van der Waals surface area contributed by atoms with Gasteiger partial charge in [0.15, 0.2) is 0 Å². The van der Waals surface area contributed by atoms with Crippen LogP contribution in [0.5, 0.6) is 0 Å². The molecule has 0 aliphatic rings. The number of nitrogens with zero attached hydrogens (tertiary/aromatic N) is 1. The Labute approximate surface area is 115 Å². The molecule has 0 heterocycles. The molecular weight excluding hydrogens is 291 g/mol. The van der Waals surface area contributed by atoms with Crippen LogP contribution >= 0.6 is 0 Å². The Morgan fingerprint density at radius 1 is 1.45 bits per heavy atom. The van der Waals surface area contributed by atoms with Crippen LogP contribution in [0.3, 0.4) is 0 Å². The van der Waals surface area contributed by atoms with E-state index in [0.717, 1.165) is 12.1 Å². The van der Waals surface area contributed by atoms with Crippen molar-refractivity contribution in [2.45, 2.75) is 37.3 Å². The Hall–Kier alpha value is -1.58. The van der Waals surface area contributed by atoms with Crippen LogP contribution in [0.15, 0.2) is 23.1 Å². The summed E-state index contributed by atoms with van der Waals surface area (Å²) in [6.07, 6.45) is -1.02. The first-order chi connectivity index (χ1) is 8.97. The van der Waals surface area contributed by atoms with Crippen molar-refractivity contribution in [3.8, 4) is 0 Å². The average Bonchev–Trinajstić information content (AvgIpc) is 2.26. The van der Waals surface area contributed by atoms with Gasteiger partial charge in [0.1, 0.15) is 10.7 Å². The van der Waals surface area contributed by atoms with E-state index in [2.05, 4.69) is 4.72 Å². The Morgan fingerprint density at radius 3 is 2.40 bits per heavy atom. The van der Waals surface area contributed by atoms with Crippen LogP contribution in [0.1, 0.15) is 20.8 Å². The topological polar surface area (TPSA) is 110 Å². The number of hydrogen-bond acceptors (Lipinski definition) is 5. The Bertz CT molecular complexity index is 628. The predicted molar refractivity (Wildman–Crippen MR) is 69.1 cm³/mol. The molecule has 1 unspecified atom stereocenters. The van der Waals surface area contributed by atoms with E-state index in [9.17, 15) is 28.0 Å². The molecule has 7 nitrogen and oxygen atoms in total. The standard InChI is InChI=1S/C11H15FN2O5S/c1-7(15)11(2,3)13-20(18,19)10-5-4-8(14(16)17)6-9(10)12/h4-7,13,15H,1-3H3. The molecule has 0 aromatic heterocycles. The highest BCUT2D eigenvalue weighted by molar-refractivity contribution is 7.89. The number of aliphatic hydroxyl groups excluding tert-OH is 1. The highest BCUT2D eigenvalue weighted by Crippen LogP contribution is 2.22. The summed E-state index contributed by atoms with van der Waals surface area (Å²) in [5.74, 6) is -1.23. The van der Waals surface area contributed by atoms with Gasteiger partial charge in [-0.05, 0) is 26.8 Å². The number of nitro groups is 1. The zero-order chi connectivity index (χ0) is 15.7. The van der Waals surface area contributed by atoms with Crippen LogP contribution in [-0.4, -0.2) is 30.1 Å². The third-order valence-corrected chi connectivity index (χ3v) is 4.56. The SMILES string of the molecule is CC(O)C(C)(C)NS(=O)(=O)c1ccc([N+](=O)[O-])cc1F. The van der Waals surface area contributed by atoms with E-state index in [-0.39, 0.29) is 0 Å². The van der Waals surface area contributed by atoms with E-state index in [1.807, 2.05) is 0 Å². The fourth-order valence-corrected chi connectivity index (χ4v) is 2.84. The van der Waals surface area contributed by atoms with Crippen molar-refractivity contribution >= 4 is 15.7 Å². The first-order valence-electron chi connectivity index (χ1n) is 5.63. The maximum absolute atomic E-state index is 13.7. The number of nitro benzene ring substituents is 1. The molecule has 1 rings (SSSR count). The molecule has 0 radical (unpaired) electrons. The molecule has 2 N–H and O–H groups in total. The number of nitrogens with one attached hydrogen (secondary N) is 1. The van der Waals surface area contributed by atoms with Crippen molar-refractivity contribution in [3.63, 3.8) is 0 Å². The quantitative estimate of drug-likeness (QED) is 0.627. The fourth-order valence-electron chi connectivity index (χ4n) is 1.31. The lowest BCUT2D eigenvalue weighted by Gasteiger charge is -2.28. The van der Waals surface area contributed by atoms with Gasteiger partial charge in [0.25, 0.3) is 5.69 Å². The monoisotopic (exact) mass is 306 g/mol. The number of non-ortho nitro benzene ring substituents is 1. The zero-order valence-corrected chi connectivity index (χ0v) is 11.9. The molecule has 0 saturated heterocycles. The van der Waals surface area contributed by atoms with Crippen LogP contribution < -0.4 is 4.72 Å². The summed E-state index contributed by atoms with van der Waals surface area (Å²) in [6.45, 7) is 4.24. The van der Waals surface area contributed by atoms with Crippen molar-refractivity contribution in [1.82, 2.24) is 4.72 Å². The molecule has 9 heteroatoms. The van der Waals surface area contributed by atoms with Crippen LogP contribution in [0.4, 0.5) is 10.1 Å². The van der Waals surface area contributed by atoms with E-state index in [4.69, 9.17) is 0 Å². The zero-order valence-electron chi connectivity index (χ0n) is 11.1. The van der Waals surface area contributed by atoms with E-state index < -0.39 is 43.0 Å². The van der Waals surface area contributed by atoms with Crippen LogP contribution in [0, 0.1) is 15.9 Å². The number of aliphatic hydroxyl groups is 1. The molecule has 0 bridgehead atoms. The molecule has 0 aliphatic heterocycles. The van der Waals surface area contributed by atoms with Gasteiger partial charge in [-0.2, -0.15) is 0 Å². The first kappa shape index (κ1) is 16.5. The summed E-state index contributed by atoms with van der Waals surface area (Å²) in [6, 6.07) is 2.24. The lowest BCUT2D eigenvalue weighted by Crippen LogP contribution is -2.50. The summed E-state index contributed by atoms with van der Waals surface area (Å²) in [4.78, 5) is 8.93. The van der Waals surface area contributed by atoms with E-state index in [0.29, 0.717) is 6.07 Å². The normalized spacial score (nSPS) is 14.1. The van der Waals surface area contributed by atoms with E-state index in [1.54, 1.807) is 0 Å². The Morgan fingerprint density at radius 2 is 2.00 bits per heavy atom. The second-order valence-corrected chi connectivity index (χ2v) is 6.53. The molecule has 1 aromatic carbocycles. The molecular formula is C11H15FN2O5S. The van der Waals surface area contributed by atoms with Gasteiger partial charge in [-0.3, -0.25) is 10.1 Å². The molecule has 0 amide bonds. The van der Waals surface area contributed by atoms with Crippen molar-refractivity contribution < 1.29 is 22.8 Å². The first-order valence-corrected chi connectivity index (χ1v) is 7.11. The second-order valence-electron chi connectivity index (χ2n) is 4.87.